The first kappa shape index (κ1) is 17.1. The molecule has 0 fully saturated rings. The lowest BCUT2D eigenvalue weighted by atomic mass is 10.2. The Morgan fingerprint density at radius 2 is 1.91 bits per heavy atom. The average Bonchev–Trinajstić information content (AvgIpc) is 2.57. The molecule has 2 aromatic carbocycles. The quantitative estimate of drug-likeness (QED) is 0.628. The molecule has 0 radical (unpaired) electrons. The molecule has 0 aliphatic rings. The summed E-state index contributed by atoms with van der Waals surface area (Å²) in [6.45, 7) is -0.209. The number of halogens is 2. The van der Waals surface area contributed by atoms with Crippen LogP contribution in [0.15, 0.2) is 59.7 Å². The van der Waals surface area contributed by atoms with E-state index in [1.807, 2.05) is 36.4 Å². The number of rotatable bonds is 6. The van der Waals surface area contributed by atoms with E-state index in [2.05, 4.69) is 10.5 Å². The van der Waals surface area contributed by atoms with Crippen LogP contribution < -0.4 is 10.2 Å². The third-order valence-electron chi connectivity index (χ3n) is 2.71. The molecule has 1 N–H and O–H groups in total. The Morgan fingerprint density at radius 1 is 1.13 bits per heavy atom. The largest absolute Gasteiger partial charge is 0.482 e. The standard InChI is InChI=1S/C17H14Cl2N2O2/c18-14-9-4-10-15(17(14)19)23-12-16(22)21-20-11-5-8-13-6-2-1-3-7-13/h1-11H,12H2,(H,21,22)/b8-5+,20-11+. The van der Waals surface area contributed by atoms with Gasteiger partial charge in [-0.25, -0.2) is 5.43 Å². The van der Waals surface area contributed by atoms with Gasteiger partial charge in [-0.1, -0.05) is 65.7 Å². The van der Waals surface area contributed by atoms with E-state index >= 15 is 0 Å². The summed E-state index contributed by atoms with van der Waals surface area (Å²) in [5, 5.41) is 4.43. The van der Waals surface area contributed by atoms with Gasteiger partial charge in [-0.2, -0.15) is 5.10 Å². The number of carbonyl (C=O) groups is 1. The van der Waals surface area contributed by atoms with E-state index < -0.39 is 5.91 Å². The van der Waals surface area contributed by atoms with Gasteiger partial charge in [0.05, 0.1) is 5.02 Å². The number of hydrogen-bond acceptors (Lipinski definition) is 3. The summed E-state index contributed by atoms with van der Waals surface area (Å²) in [6, 6.07) is 14.7. The monoisotopic (exact) mass is 348 g/mol. The van der Waals surface area contributed by atoms with Crippen LogP contribution >= 0.6 is 23.2 Å². The first-order chi connectivity index (χ1) is 11.2. The third-order valence-corrected chi connectivity index (χ3v) is 3.51. The lowest BCUT2D eigenvalue weighted by Crippen LogP contribution is -2.24. The number of ether oxygens (including phenoxy) is 1. The first-order valence-corrected chi connectivity index (χ1v) is 7.53. The molecular formula is C17H14Cl2N2O2. The van der Waals surface area contributed by atoms with Crippen LogP contribution in [0.2, 0.25) is 10.0 Å². The molecule has 0 bridgehead atoms. The van der Waals surface area contributed by atoms with Crippen molar-refractivity contribution < 1.29 is 9.53 Å². The Labute approximate surface area is 144 Å². The highest BCUT2D eigenvalue weighted by atomic mass is 35.5. The smallest absolute Gasteiger partial charge is 0.277 e. The van der Waals surface area contributed by atoms with Crippen LogP contribution in [-0.4, -0.2) is 18.7 Å². The molecule has 23 heavy (non-hydrogen) atoms. The van der Waals surface area contributed by atoms with Gasteiger partial charge in [-0.3, -0.25) is 4.79 Å². The number of benzene rings is 2. The molecule has 118 valence electrons. The molecule has 0 aliphatic heterocycles. The summed E-state index contributed by atoms with van der Waals surface area (Å²) < 4.78 is 5.29. The molecule has 4 nitrogen and oxygen atoms in total. The van der Waals surface area contributed by atoms with Crippen molar-refractivity contribution in [1.82, 2.24) is 5.43 Å². The number of nitrogens with one attached hydrogen (secondary N) is 1. The van der Waals surface area contributed by atoms with Gasteiger partial charge >= 0.3 is 0 Å². The zero-order chi connectivity index (χ0) is 16.5. The highest BCUT2D eigenvalue weighted by Gasteiger charge is 2.07. The maximum Gasteiger partial charge on any atom is 0.277 e. The molecular weight excluding hydrogens is 335 g/mol. The molecule has 0 saturated heterocycles. The van der Waals surface area contributed by atoms with Gasteiger partial charge in [0.15, 0.2) is 6.61 Å². The molecule has 2 aromatic rings. The van der Waals surface area contributed by atoms with Crippen molar-refractivity contribution in [2.45, 2.75) is 0 Å². The Morgan fingerprint density at radius 3 is 2.70 bits per heavy atom. The molecule has 0 heterocycles. The van der Waals surface area contributed by atoms with Crippen molar-refractivity contribution in [3.05, 3.63) is 70.2 Å². The molecule has 1 amide bonds. The van der Waals surface area contributed by atoms with Crippen molar-refractivity contribution in [1.29, 1.82) is 0 Å². The second kappa shape index (κ2) is 8.98. The summed E-state index contributed by atoms with van der Waals surface area (Å²) in [4.78, 5) is 11.6. The fourth-order valence-electron chi connectivity index (χ4n) is 1.64. The SMILES string of the molecule is O=C(COc1cccc(Cl)c1Cl)N/N=C/C=C/c1ccccc1. The highest BCUT2D eigenvalue weighted by molar-refractivity contribution is 6.42. The minimum absolute atomic E-state index is 0.209. The van der Waals surface area contributed by atoms with Crippen LogP contribution in [0.5, 0.6) is 5.75 Å². The predicted octanol–water partition coefficient (Wildman–Crippen LogP) is 4.19. The predicted molar refractivity (Wildman–Crippen MR) is 94.1 cm³/mol. The van der Waals surface area contributed by atoms with E-state index in [1.165, 1.54) is 6.21 Å². The van der Waals surface area contributed by atoms with Gasteiger partial charge in [-0.15, -0.1) is 0 Å². The van der Waals surface area contributed by atoms with E-state index in [1.54, 1.807) is 24.3 Å². The second-order valence-corrected chi connectivity index (χ2v) is 5.21. The summed E-state index contributed by atoms with van der Waals surface area (Å²) in [5.41, 5.74) is 3.40. The molecule has 0 spiro atoms. The van der Waals surface area contributed by atoms with Crippen molar-refractivity contribution in [2.24, 2.45) is 5.10 Å². The fourth-order valence-corrected chi connectivity index (χ4v) is 1.99. The fraction of sp³-hybridized carbons (Fsp3) is 0.0588. The van der Waals surface area contributed by atoms with Crippen LogP contribution in [-0.2, 0) is 4.79 Å². The van der Waals surface area contributed by atoms with Gasteiger partial charge in [0.1, 0.15) is 10.8 Å². The van der Waals surface area contributed by atoms with Crippen molar-refractivity contribution in [3.8, 4) is 5.75 Å². The molecule has 6 heteroatoms. The van der Waals surface area contributed by atoms with Crippen LogP contribution in [0.1, 0.15) is 5.56 Å². The molecule has 0 aromatic heterocycles. The van der Waals surface area contributed by atoms with Gasteiger partial charge in [-0.05, 0) is 23.8 Å². The second-order valence-electron chi connectivity index (χ2n) is 4.42. The van der Waals surface area contributed by atoms with Crippen molar-refractivity contribution in [3.63, 3.8) is 0 Å². The number of allylic oxidation sites excluding steroid dienone is 1. The maximum absolute atomic E-state index is 11.6. The molecule has 0 unspecified atom stereocenters. The normalized spacial score (nSPS) is 11.0. The number of nitrogens with zero attached hydrogens (tertiary/aromatic N) is 1. The average molecular weight is 349 g/mol. The van der Waals surface area contributed by atoms with Gasteiger partial charge in [0, 0.05) is 6.21 Å². The van der Waals surface area contributed by atoms with E-state index in [-0.39, 0.29) is 11.6 Å². The Hall–Kier alpha value is -2.30. The van der Waals surface area contributed by atoms with E-state index in [0.717, 1.165) is 5.56 Å². The third kappa shape index (κ3) is 5.77. The maximum atomic E-state index is 11.6. The van der Waals surface area contributed by atoms with Crippen molar-refractivity contribution >= 4 is 41.4 Å². The van der Waals surface area contributed by atoms with Crippen LogP contribution in [0.4, 0.5) is 0 Å². The number of amides is 1. The van der Waals surface area contributed by atoms with E-state index in [9.17, 15) is 4.79 Å². The minimum atomic E-state index is -0.398. The lowest BCUT2D eigenvalue weighted by molar-refractivity contribution is -0.123. The van der Waals surface area contributed by atoms with Gasteiger partial charge < -0.3 is 4.74 Å². The molecule has 0 atom stereocenters. The van der Waals surface area contributed by atoms with Gasteiger partial charge in [0.2, 0.25) is 0 Å². The number of hydrogen-bond donors (Lipinski definition) is 1. The van der Waals surface area contributed by atoms with Crippen LogP contribution in [0, 0.1) is 0 Å². The molecule has 0 aliphatic carbocycles. The minimum Gasteiger partial charge on any atom is -0.482 e. The topological polar surface area (TPSA) is 50.7 Å². The Kier molecular flexibility index (Phi) is 6.66. The zero-order valence-electron chi connectivity index (χ0n) is 12.1. The highest BCUT2D eigenvalue weighted by Crippen LogP contribution is 2.31. The Balaban J connectivity index is 1.76. The Bertz CT molecular complexity index is 716. The summed E-state index contributed by atoms with van der Waals surface area (Å²) in [5.74, 6) is -0.0485. The van der Waals surface area contributed by atoms with Gasteiger partial charge in [0.25, 0.3) is 5.91 Å². The van der Waals surface area contributed by atoms with E-state index in [0.29, 0.717) is 10.8 Å². The summed E-state index contributed by atoms with van der Waals surface area (Å²) in [7, 11) is 0. The van der Waals surface area contributed by atoms with Crippen LogP contribution in [0.25, 0.3) is 6.08 Å². The molecule has 2 rings (SSSR count). The first-order valence-electron chi connectivity index (χ1n) is 6.77. The van der Waals surface area contributed by atoms with E-state index in [4.69, 9.17) is 27.9 Å². The van der Waals surface area contributed by atoms with Crippen molar-refractivity contribution in [2.75, 3.05) is 6.61 Å². The summed E-state index contributed by atoms with van der Waals surface area (Å²) >= 11 is 11.8. The zero-order valence-corrected chi connectivity index (χ0v) is 13.6. The summed E-state index contributed by atoms with van der Waals surface area (Å²) in [6.07, 6.45) is 5.08. The van der Waals surface area contributed by atoms with Crippen LogP contribution in [0.3, 0.4) is 0 Å². The number of hydrazone groups is 1. The molecule has 0 saturated carbocycles. The lowest BCUT2D eigenvalue weighted by Gasteiger charge is -2.07. The number of carbonyl (C=O) groups excluding carboxylic acids is 1.